The molecule has 0 aliphatic rings. The third-order valence-corrected chi connectivity index (χ3v) is 7.70. The van der Waals surface area contributed by atoms with Gasteiger partial charge in [0.1, 0.15) is 12.6 Å². The zero-order valence-electron chi connectivity index (χ0n) is 26.4. The van der Waals surface area contributed by atoms with Crippen molar-refractivity contribution in [1.29, 1.82) is 0 Å². The van der Waals surface area contributed by atoms with Crippen molar-refractivity contribution in [2.45, 2.75) is 105 Å². The quantitative estimate of drug-likeness (QED) is 0.168. The molecule has 2 unspecified atom stereocenters. The second-order valence-electron chi connectivity index (χ2n) is 15.2. The summed E-state index contributed by atoms with van der Waals surface area (Å²) in [6.45, 7) is 31.1. The molecular weight excluding hydrogens is 450 g/mol. The van der Waals surface area contributed by atoms with Crippen LogP contribution in [0.3, 0.4) is 0 Å². The molecule has 0 spiro atoms. The molecular formula is C30H64N3O3+. The normalized spacial score (nSPS) is 16.0. The number of nitrogens with zero attached hydrogens (tertiary/aromatic N) is 3. The molecule has 0 rings (SSSR count). The van der Waals surface area contributed by atoms with E-state index in [1.807, 2.05) is 0 Å². The highest BCUT2D eigenvalue weighted by Gasteiger charge is 2.43. The molecule has 6 nitrogen and oxygen atoms in total. The van der Waals surface area contributed by atoms with Crippen LogP contribution in [0.25, 0.3) is 0 Å². The summed E-state index contributed by atoms with van der Waals surface area (Å²) >= 11 is 0. The van der Waals surface area contributed by atoms with Gasteiger partial charge in [-0.05, 0) is 71.4 Å². The number of hydrogen-bond donors (Lipinski definition) is 2. The van der Waals surface area contributed by atoms with Crippen LogP contribution in [0.1, 0.15) is 82.1 Å². The van der Waals surface area contributed by atoms with Gasteiger partial charge in [0.15, 0.2) is 0 Å². The molecule has 0 heterocycles. The lowest BCUT2D eigenvalue weighted by atomic mass is 9.70. The fraction of sp³-hybridized carbons (Fsp3) is 0.933. The number of ether oxygens (including phenoxy) is 1. The molecule has 0 saturated heterocycles. The third-order valence-electron chi connectivity index (χ3n) is 7.70. The van der Waals surface area contributed by atoms with Gasteiger partial charge in [0.25, 0.3) is 0 Å². The summed E-state index contributed by atoms with van der Waals surface area (Å²) in [6.07, 6.45) is 2.86. The highest BCUT2D eigenvalue weighted by molar-refractivity contribution is 4.97. The van der Waals surface area contributed by atoms with Crippen LogP contribution >= 0.6 is 0 Å². The van der Waals surface area contributed by atoms with E-state index in [0.29, 0.717) is 26.3 Å². The molecule has 0 aliphatic heterocycles. The highest BCUT2D eigenvalue weighted by Crippen LogP contribution is 2.40. The van der Waals surface area contributed by atoms with Crippen molar-refractivity contribution in [3.05, 3.63) is 12.7 Å². The Morgan fingerprint density at radius 1 is 0.806 bits per heavy atom. The van der Waals surface area contributed by atoms with Crippen LogP contribution in [-0.2, 0) is 4.74 Å². The van der Waals surface area contributed by atoms with Crippen LogP contribution in [0, 0.1) is 10.8 Å². The van der Waals surface area contributed by atoms with Gasteiger partial charge in [0.2, 0.25) is 0 Å². The topological polar surface area (TPSA) is 56.2 Å². The average molecular weight is 515 g/mol. The Kier molecular flexibility index (Phi) is 13.9. The summed E-state index contributed by atoms with van der Waals surface area (Å²) in [4.78, 5) is 4.90. The molecule has 2 N–H and O–H groups in total. The largest absolute Gasteiger partial charge is 0.389 e. The summed E-state index contributed by atoms with van der Waals surface area (Å²) in [6, 6.07) is 0. The molecule has 36 heavy (non-hydrogen) atoms. The minimum atomic E-state index is -0.533. The Balaban J connectivity index is 5.64. The first-order valence-electron chi connectivity index (χ1n) is 13.9. The Labute approximate surface area is 225 Å². The fourth-order valence-electron chi connectivity index (χ4n) is 4.46. The predicted molar refractivity (Wildman–Crippen MR) is 155 cm³/mol. The van der Waals surface area contributed by atoms with E-state index in [4.69, 9.17) is 4.74 Å². The van der Waals surface area contributed by atoms with Crippen LogP contribution in [0.15, 0.2) is 12.7 Å². The van der Waals surface area contributed by atoms with Crippen molar-refractivity contribution in [1.82, 2.24) is 9.80 Å². The highest BCUT2D eigenvalue weighted by atomic mass is 16.5. The van der Waals surface area contributed by atoms with E-state index in [1.54, 1.807) is 6.08 Å². The summed E-state index contributed by atoms with van der Waals surface area (Å²) < 4.78 is 6.24. The second kappa shape index (κ2) is 14.0. The molecule has 0 bridgehead atoms. The van der Waals surface area contributed by atoms with Gasteiger partial charge in [-0.2, -0.15) is 0 Å². The minimum absolute atomic E-state index is 0.0189. The fourth-order valence-corrected chi connectivity index (χ4v) is 4.46. The first kappa shape index (κ1) is 35.5. The molecule has 216 valence electrons. The number of aliphatic hydroxyl groups is 2. The predicted octanol–water partition coefficient (Wildman–Crippen LogP) is 4.65. The van der Waals surface area contributed by atoms with E-state index in [9.17, 15) is 10.2 Å². The maximum atomic E-state index is 11.0. The van der Waals surface area contributed by atoms with Gasteiger partial charge >= 0.3 is 0 Å². The molecule has 0 aromatic rings. The van der Waals surface area contributed by atoms with E-state index in [2.05, 4.69) is 107 Å². The van der Waals surface area contributed by atoms with Crippen LogP contribution in [0.4, 0.5) is 0 Å². The smallest absolute Gasteiger partial charge is 0.115 e. The van der Waals surface area contributed by atoms with Crippen molar-refractivity contribution in [3.8, 4) is 0 Å². The van der Waals surface area contributed by atoms with Crippen LogP contribution in [0.2, 0.25) is 0 Å². The zero-order valence-corrected chi connectivity index (χ0v) is 26.4. The number of quaternary nitrogens is 1. The van der Waals surface area contributed by atoms with Crippen molar-refractivity contribution >= 4 is 0 Å². The number of rotatable bonds is 17. The van der Waals surface area contributed by atoms with Gasteiger partial charge in [-0.15, -0.1) is 6.58 Å². The number of β-amino-alcohol motifs (C(OH)–C–C–N with tert-alkyl or cyclic N) is 2. The van der Waals surface area contributed by atoms with Gasteiger partial charge in [-0.3, -0.25) is 9.80 Å². The molecule has 0 aliphatic carbocycles. The summed E-state index contributed by atoms with van der Waals surface area (Å²) in [5.74, 6) is 0. The summed E-state index contributed by atoms with van der Waals surface area (Å²) in [5.41, 5.74) is 0.0249. The van der Waals surface area contributed by atoms with Crippen LogP contribution in [-0.4, -0.2) is 115 Å². The number of likely N-dealkylation sites (N-methyl/N-ethyl adjacent to an activating group) is 1. The van der Waals surface area contributed by atoms with Gasteiger partial charge in [0.05, 0.1) is 40.5 Å². The molecule has 2 atom stereocenters. The van der Waals surface area contributed by atoms with Gasteiger partial charge in [0, 0.05) is 24.2 Å². The van der Waals surface area contributed by atoms with Crippen molar-refractivity contribution < 1.29 is 19.4 Å². The van der Waals surface area contributed by atoms with E-state index < -0.39 is 6.10 Å². The van der Waals surface area contributed by atoms with E-state index >= 15 is 0 Å². The van der Waals surface area contributed by atoms with Crippen LogP contribution in [0.5, 0.6) is 0 Å². The number of aliphatic hydroxyl groups excluding tert-OH is 2. The summed E-state index contributed by atoms with van der Waals surface area (Å²) in [7, 11) is 6.40. The van der Waals surface area contributed by atoms with Crippen molar-refractivity contribution in [2.24, 2.45) is 10.8 Å². The monoisotopic (exact) mass is 514 g/mol. The molecule has 0 radical (unpaired) electrons. The Morgan fingerprint density at radius 3 is 1.75 bits per heavy atom. The van der Waals surface area contributed by atoms with E-state index in [0.717, 1.165) is 37.0 Å². The Bertz CT molecular complexity index is 627. The minimum Gasteiger partial charge on any atom is -0.389 e. The van der Waals surface area contributed by atoms with Gasteiger partial charge < -0.3 is 19.4 Å². The Hall–Kier alpha value is -0.500. The second-order valence-corrected chi connectivity index (χ2v) is 15.2. The van der Waals surface area contributed by atoms with Gasteiger partial charge in [-0.1, -0.05) is 40.7 Å². The first-order valence-corrected chi connectivity index (χ1v) is 13.9. The molecule has 0 aromatic heterocycles. The zero-order chi connectivity index (χ0) is 28.6. The third kappa shape index (κ3) is 13.9. The maximum absolute atomic E-state index is 11.0. The summed E-state index contributed by atoms with van der Waals surface area (Å²) in [5, 5.41) is 21.6. The van der Waals surface area contributed by atoms with Crippen molar-refractivity contribution in [2.75, 3.05) is 67.1 Å². The average Bonchev–Trinajstić information content (AvgIpc) is 2.65. The van der Waals surface area contributed by atoms with Crippen molar-refractivity contribution in [3.63, 3.8) is 0 Å². The standard InChI is InChI=1S/C30H64N3O3/c1-15-20-36-24-26(35)22-31(28(5,6)7)19-17-29(8,9)30(10,11)32(18-16-27(2,3)4)21-25(34)23-33(12,13)14/h15,25-26,34-35H,1,16-24H2,2-14H3/q+1. The molecule has 0 saturated carbocycles. The first-order chi connectivity index (χ1) is 16.0. The lowest BCUT2D eigenvalue weighted by molar-refractivity contribution is -0.873. The number of hydrogen-bond acceptors (Lipinski definition) is 5. The van der Waals surface area contributed by atoms with E-state index in [1.165, 1.54) is 0 Å². The molecule has 6 heteroatoms. The van der Waals surface area contributed by atoms with Gasteiger partial charge in [-0.25, -0.2) is 0 Å². The SMILES string of the molecule is C=CCOCC(O)CN(CCC(C)(C)C(C)(C)N(CCC(C)(C)C)CC(O)C[N+](C)(C)C)C(C)(C)C. The molecule has 0 fully saturated rings. The van der Waals surface area contributed by atoms with Crippen LogP contribution < -0.4 is 0 Å². The lowest BCUT2D eigenvalue weighted by Gasteiger charge is -2.52. The lowest BCUT2D eigenvalue weighted by Crippen LogP contribution is -2.59. The molecule has 0 aromatic carbocycles. The molecule has 0 amide bonds. The Morgan fingerprint density at radius 2 is 1.31 bits per heavy atom. The van der Waals surface area contributed by atoms with E-state index in [-0.39, 0.29) is 28.0 Å². The maximum Gasteiger partial charge on any atom is 0.115 e.